The van der Waals surface area contributed by atoms with E-state index in [1.54, 1.807) is 6.92 Å². The molecule has 3 rings (SSSR count). The van der Waals surface area contributed by atoms with Gasteiger partial charge in [-0.15, -0.1) is 0 Å². The van der Waals surface area contributed by atoms with Crippen molar-refractivity contribution in [1.82, 2.24) is 15.5 Å². The molecule has 2 aromatic rings. The summed E-state index contributed by atoms with van der Waals surface area (Å²) in [6.07, 6.45) is 0. The zero-order valence-corrected chi connectivity index (χ0v) is 18.6. The summed E-state index contributed by atoms with van der Waals surface area (Å²) >= 11 is 0. The lowest BCUT2D eigenvalue weighted by molar-refractivity contribution is -0.134. The second-order valence-electron chi connectivity index (χ2n) is 8.08. The van der Waals surface area contributed by atoms with Crippen molar-refractivity contribution in [3.63, 3.8) is 0 Å². The Morgan fingerprint density at radius 2 is 1.81 bits per heavy atom. The van der Waals surface area contributed by atoms with Crippen LogP contribution in [0.2, 0.25) is 0 Å². The monoisotopic (exact) mass is 422 g/mol. The molecule has 2 aromatic carbocycles. The third kappa shape index (κ3) is 4.87. The van der Waals surface area contributed by atoms with Gasteiger partial charge in [-0.25, -0.2) is 4.79 Å². The summed E-state index contributed by atoms with van der Waals surface area (Å²) in [7, 11) is 0. The second-order valence-corrected chi connectivity index (χ2v) is 8.08. The first-order valence-electron chi connectivity index (χ1n) is 10.5. The Morgan fingerprint density at radius 1 is 1.10 bits per heavy atom. The Morgan fingerprint density at radius 3 is 2.45 bits per heavy atom. The standard InChI is InChI=1S/C24H30N4O3/c1-5-27(20-8-6-7-18(3)15-20)14-13-25-21(29)16-28-22(30)24(4,26-23(28)31)19-11-9-17(2)10-12-19/h6-12,15H,5,13-14,16H2,1-4H3,(H,25,29)(H,26,31). The highest BCUT2D eigenvalue weighted by atomic mass is 16.2. The minimum atomic E-state index is -1.17. The predicted octanol–water partition coefficient (Wildman–Crippen LogP) is 2.71. The van der Waals surface area contributed by atoms with E-state index >= 15 is 0 Å². The number of rotatable bonds is 8. The van der Waals surface area contributed by atoms with Gasteiger partial charge in [-0.3, -0.25) is 14.5 Å². The number of benzene rings is 2. The number of carbonyl (C=O) groups excluding carboxylic acids is 3. The number of anilines is 1. The van der Waals surface area contributed by atoms with Gasteiger partial charge in [0.1, 0.15) is 12.1 Å². The van der Waals surface area contributed by atoms with Crippen LogP contribution in [0.4, 0.5) is 10.5 Å². The summed E-state index contributed by atoms with van der Waals surface area (Å²) in [6.45, 7) is 9.27. The molecule has 31 heavy (non-hydrogen) atoms. The van der Waals surface area contributed by atoms with E-state index in [0.717, 1.165) is 22.7 Å². The summed E-state index contributed by atoms with van der Waals surface area (Å²) in [5.41, 5.74) is 2.85. The maximum atomic E-state index is 13.0. The van der Waals surface area contributed by atoms with Gasteiger partial charge in [-0.2, -0.15) is 0 Å². The Balaban J connectivity index is 1.57. The Labute approximate surface area is 183 Å². The topological polar surface area (TPSA) is 81.8 Å². The van der Waals surface area contributed by atoms with E-state index in [1.165, 1.54) is 5.56 Å². The zero-order chi connectivity index (χ0) is 22.6. The summed E-state index contributed by atoms with van der Waals surface area (Å²) in [5, 5.41) is 5.55. The van der Waals surface area contributed by atoms with Gasteiger partial charge in [0.25, 0.3) is 5.91 Å². The number of urea groups is 1. The zero-order valence-electron chi connectivity index (χ0n) is 18.6. The second kappa shape index (κ2) is 9.20. The van der Waals surface area contributed by atoms with Crippen LogP contribution in [0.1, 0.15) is 30.5 Å². The molecule has 1 saturated heterocycles. The number of imide groups is 1. The van der Waals surface area contributed by atoms with Gasteiger partial charge in [-0.05, 0) is 51.0 Å². The molecule has 0 bridgehead atoms. The molecule has 0 spiro atoms. The Bertz CT molecular complexity index is 973. The summed E-state index contributed by atoms with van der Waals surface area (Å²) < 4.78 is 0. The van der Waals surface area contributed by atoms with Gasteiger partial charge in [-0.1, -0.05) is 42.0 Å². The lowest BCUT2D eigenvalue weighted by Crippen LogP contribution is -2.44. The maximum Gasteiger partial charge on any atom is 0.325 e. The van der Waals surface area contributed by atoms with Gasteiger partial charge in [0.2, 0.25) is 5.91 Å². The number of nitrogens with one attached hydrogen (secondary N) is 2. The Hall–Kier alpha value is -3.35. The molecule has 4 amide bonds. The van der Waals surface area contributed by atoms with Crippen LogP contribution >= 0.6 is 0 Å². The van der Waals surface area contributed by atoms with Gasteiger partial charge in [0.05, 0.1) is 0 Å². The number of aryl methyl sites for hydroxylation is 2. The summed E-state index contributed by atoms with van der Waals surface area (Å²) in [6, 6.07) is 15.1. The molecule has 7 nitrogen and oxygen atoms in total. The molecular weight excluding hydrogens is 392 g/mol. The maximum absolute atomic E-state index is 13.0. The van der Waals surface area contributed by atoms with Crippen LogP contribution < -0.4 is 15.5 Å². The van der Waals surface area contributed by atoms with E-state index in [0.29, 0.717) is 18.7 Å². The number of hydrogen-bond donors (Lipinski definition) is 2. The molecule has 1 atom stereocenters. The average molecular weight is 423 g/mol. The summed E-state index contributed by atoms with van der Waals surface area (Å²) in [5.74, 6) is -0.789. The van der Waals surface area contributed by atoms with Crippen LogP contribution in [0.3, 0.4) is 0 Å². The van der Waals surface area contributed by atoms with Crippen LogP contribution in [-0.2, 0) is 15.1 Å². The van der Waals surface area contributed by atoms with E-state index in [1.807, 2.05) is 56.3 Å². The third-order valence-corrected chi connectivity index (χ3v) is 5.66. The van der Waals surface area contributed by atoms with Crippen LogP contribution in [0.5, 0.6) is 0 Å². The van der Waals surface area contributed by atoms with E-state index in [4.69, 9.17) is 0 Å². The van der Waals surface area contributed by atoms with Gasteiger partial charge in [0.15, 0.2) is 0 Å². The van der Waals surface area contributed by atoms with Crippen molar-refractivity contribution in [3.8, 4) is 0 Å². The fourth-order valence-corrected chi connectivity index (χ4v) is 3.75. The molecule has 0 saturated carbocycles. The SMILES string of the molecule is CCN(CCNC(=O)CN1C(=O)NC(C)(c2ccc(C)cc2)C1=O)c1cccc(C)c1. The van der Waals surface area contributed by atoms with E-state index < -0.39 is 17.5 Å². The van der Waals surface area contributed by atoms with E-state index in [9.17, 15) is 14.4 Å². The van der Waals surface area contributed by atoms with Crippen molar-refractivity contribution in [2.75, 3.05) is 31.1 Å². The van der Waals surface area contributed by atoms with Crippen molar-refractivity contribution in [2.45, 2.75) is 33.2 Å². The number of amides is 4. The molecule has 0 radical (unpaired) electrons. The molecule has 0 aromatic heterocycles. The van der Waals surface area contributed by atoms with E-state index in [2.05, 4.69) is 28.5 Å². The number of nitrogens with zero attached hydrogens (tertiary/aromatic N) is 2. The fourth-order valence-electron chi connectivity index (χ4n) is 3.75. The van der Waals surface area contributed by atoms with Crippen LogP contribution in [-0.4, -0.2) is 48.9 Å². The Kier molecular flexibility index (Phi) is 6.63. The molecule has 1 aliphatic heterocycles. The first kappa shape index (κ1) is 22.3. The molecule has 1 heterocycles. The molecule has 2 N–H and O–H groups in total. The van der Waals surface area contributed by atoms with Gasteiger partial charge in [0, 0.05) is 25.3 Å². The minimum Gasteiger partial charge on any atom is -0.370 e. The van der Waals surface area contributed by atoms with Crippen LogP contribution in [0, 0.1) is 13.8 Å². The molecule has 7 heteroatoms. The summed E-state index contributed by atoms with van der Waals surface area (Å²) in [4.78, 5) is 41.0. The van der Waals surface area contributed by atoms with Gasteiger partial charge >= 0.3 is 6.03 Å². The fraction of sp³-hybridized carbons (Fsp3) is 0.375. The molecule has 0 aliphatic carbocycles. The normalized spacial score (nSPS) is 18.1. The first-order valence-corrected chi connectivity index (χ1v) is 10.5. The quantitative estimate of drug-likeness (QED) is 0.641. The molecule has 1 unspecified atom stereocenters. The number of carbonyl (C=O) groups is 3. The molecule has 164 valence electrons. The van der Waals surface area contributed by atoms with Crippen molar-refractivity contribution in [1.29, 1.82) is 0 Å². The van der Waals surface area contributed by atoms with Crippen molar-refractivity contribution >= 4 is 23.5 Å². The van der Waals surface area contributed by atoms with E-state index in [-0.39, 0.29) is 12.5 Å². The highest BCUT2D eigenvalue weighted by Crippen LogP contribution is 2.28. The number of likely N-dealkylation sites (N-methyl/N-ethyl adjacent to an activating group) is 1. The highest BCUT2D eigenvalue weighted by Gasteiger charge is 2.49. The third-order valence-electron chi connectivity index (χ3n) is 5.66. The van der Waals surface area contributed by atoms with Crippen molar-refractivity contribution in [3.05, 3.63) is 65.2 Å². The number of hydrogen-bond acceptors (Lipinski definition) is 4. The largest absolute Gasteiger partial charge is 0.370 e. The molecule has 1 fully saturated rings. The first-order chi connectivity index (χ1) is 14.7. The van der Waals surface area contributed by atoms with Crippen molar-refractivity contribution < 1.29 is 14.4 Å². The van der Waals surface area contributed by atoms with Crippen molar-refractivity contribution in [2.24, 2.45) is 0 Å². The van der Waals surface area contributed by atoms with Crippen LogP contribution in [0.25, 0.3) is 0 Å². The highest BCUT2D eigenvalue weighted by molar-refractivity contribution is 6.09. The molecular formula is C24H30N4O3. The average Bonchev–Trinajstić information content (AvgIpc) is 2.95. The molecule has 1 aliphatic rings. The van der Waals surface area contributed by atoms with Gasteiger partial charge < -0.3 is 15.5 Å². The van der Waals surface area contributed by atoms with Crippen LogP contribution in [0.15, 0.2) is 48.5 Å². The minimum absolute atomic E-state index is 0.303. The lowest BCUT2D eigenvalue weighted by atomic mass is 9.91. The predicted molar refractivity (Wildman–Crippen MR) is 121 cm³/mol. The lowest BCUT2D eigenvalue weighted by Gasteiger charge is -2.24. The smallest absolute Gasteiger partial charge is 0.325 e.